The summed E-state index contributed by atoms with van der Waals surface area (Å²) in [5.41, 5.74) is 0.165. The van der Waals surface area contributed by atoms with Crippen molar-refractivity contribution in [3.05, 3.63) is 24.3 Å². The minimum atomic E-state index is -1.51. The van der Waals surface area contributed by atoms with Crippen LogP contribution in [0.2, 0.25) is 0 Å². The molecule has 152 valence electrons. The lowest BCUT2D eigenvalue weighted by atomic mass is 9.81. The van der Waals surface area contributed by atoms with Crippen LogP contribution in [0.5, 0.6) is 0 Å². The van der Waals surface area contributed by atoms with Gasteiger partial charge in [-0.3, -0.25) is 9.59 Å². The largest absolute Gasteiger partial charge is 0.465 e. The summed E-state index contributed by atoms with van der Waals surface area (Å²) in [6.45, 7) is 10.6. The third-order valence-electron chi connectivity index (χ3n) is 5.33. The molecule has 1 unspecified atom stereocenters. The molecule has 0 saturated carbocycles. The van der Waals surface area contributed by atoms with E-state index >= 15 is 0 Å². The fourth-order valence-corrected chi connectivity index (χ4v) is 3.80. The average molecular weight is 382 g/mol. The van der Waals surface area contributed by atoms with Gasteiger partial charge in [0.25, 0.3) is 0 Å². The van der Waals surface area contributed by atoms with Gasteiger partial charge >= 0.3 is 5.97 Å². The van der Waals surface area contributed by atoms with Crippen LogP contribution in [-0.4, -0.2) is 58.8 Å². The molecule has 2 saturated heterocycles. The Morgan fingerprint density at radius 3 is 2.59 bits per heavy atom. The summed E-state index contributed by atoms with van der Waals surface area (Å²) >= 11 is 0. The van der Waals surface area contributed by atoms with E-state index in [9.17, 15) is 19.8 Å². The molecule has 0 aliphatic carbocycles. The van der Waals surface area contributed by atoms with Crippen molar-refractivity contribution in [2.75, 3.05) is 6.61 Å². The molecule has 0 radical (unpaired) electrons. The topological polar surface area (TPSA) is 102 Å². The molecule has 2 aliphatic rings. The molecule has 0 amide bonds. The Morgan fingerprint density at radius 1 is 1.37 bits per heavy atom. The molecular weight excluding hydrogens is 352 g/mol. The molecular formula is C20H30O7. The van der Waals surface area contributed by atoms with Gasteiger partial charge in [-0.2, -0.15) is 0 Å². The molecule has 2 aliphatic heterocycles. The summed E-state index contributed by atoms with van der Waals surface area (Å²) in [6.07, 6.45) is 0.774. The summed E-state index contributed by atoms with van der Waals surface area (Å²) in [7, 11) is 0. The summed E-state index contributed by atoms with van der Waals surface area (Å²) in [5.74, 6) is -2.91. The minimum absolute atomic E-state index is 0.0478. The Hall–Kier alpha value is -1.54. The van der Waals surface area contributed by atoms with Crippen LogP contribution in [0.3, 0.4) is 0 Å². The molecule has 2 fully saturated rings. The first-order valence-corrected chi connectivity index (χ1v) is 9.36. The molecule has 7 atom stereocenters. The third-order valence-corrected chi connectivity index (χ3v) is 5.33. The van der Waals surface area contributed by atoms with Crippen molar-refractivity contribution in [3.63, 3.8) is 0 Å². The van der Waals surface area contributed by atoms with Crippen molar-refractivity contribution < 1.29 is 34.0 Å². The van der Waals surface area contributed by atoms with E-state index in [2.05, 4.69) is 6.58 Å². The minimum Gasteiger partial charge on any atom is -0.465 e. The van der Waals surface area contributed by atoms with E-state index in [0.717, 1.165) is 0 Å². The van der Waals surface area contributed by atoms with Crippen LogP contribution in [0.4, 0.5) is 0 Å². The molecule has 2 rings (SSSR count). The highest BCUT2D eigenvalue weighted by Crippen LogP contribution is 2.52. The van der Waals surface area contributed by atoms with E-state index in [4.69, 9.17) is 14.2 Å². The number of aliphatic hydroxyl groups excluding tert-OH is 2. The van der Waals surface area contributed by atoms with Crippen LogP contribution in [0, 0.1) is 11.8 Å². The average Bonchev–Trinajstić information content (AvgIpc) is 3.14. The number of aliphatic hydroxyl groups is 2. The number of rotatable bonds is 9. The molecule has 27 heavy (non-hydrogen) atoms. The van der Waals surface area contributed by atoms with Gasteiger partial charge in [0.05, 0.1) is 24.2 Å². The number of carbonyl (C=O) groups excluding carboxylic acids is 2. The third kappa shape index (κ3) is 4.16. The van der Waals surface area contributed by atoms with Crippen LogP contribution >= 0.6 is 0 Å². The predicted molar refractivity (Wildman–Crippen MR) is 97.6 cm³/mol. The molecule has 0 aromatic heterocycles. The molecule has 7 heteroatoms. The van der Waals surface area contributed by atoms with E-state index in [1.54, 1.807) is 6.92 Å². The Morgan fingerprint density at radius 2 is 2.04 bits per heavy atom. The molecule has 2 heterocycles. The molecule has 0 aromatic rings. The van der Waals surface area contributed by atoms with Crippen molar-refractivity contribution in [1.29, 1.82) is 0 Å². The Bertz CT molecular complexity index is 613. The molecule has 0 aromatic carbocycles. The van der Waals surface area contributed by atoms with Gasteiger partial charge in [-0.15, -0.1) is 0 Å². The van der Waals surface area contributed by atoms with E-state index in [0.29, 0.717) is 6.42 Å². The van der Waals surface area contributed by atoms with Crippen molar-refractivity contribution in [3.8, 4) is 0 Å². The van der Waals surface area contributed by atoms with Gasteiger partial charge in [-0.25, -0.2) is 0 Å². The lowest BCUT2D eigenvalue weighted by Gasteiger charge is -2.40. The highest BCUT2D eigenvalue weighted by atomic mass is 16.8. The van der Waals surface area contributed by atoms with E-state index < -0.39 is 42.1 Å². The highest BCUT2D eigenvalue weighted by molar-refractivity contribution is 5.79. The zero-order chi connectivity index (χ0) is 20.4. The van der Waals surface area contributed by atoms with Crippen molar-refractivity contribution in [2.24, 2.45) is 11.8 Å². The standard InChI is InChI=1S/C20H30O7/c1-6-8-11(3)18-19-17(24)15(10-25-13(5)21)20(26-18,27-19)12(4)16(23)9-14(22)7-2/h6,8,11,15-19,23-24H,4,7,9-10H2,1-3,5H3/b8-6-/t11-,15+,16?,17-,18+,19-,20+/m0/s1. The smallest absolute Gasteiger partial charge is 0.302 e. The molecule has 2 N–H and O–H groups in total. The number of ketones is 1. The number of Topliss-reactive ketones (excluding diaryl/α,β-unsaturated/α-hetero) is 1. The second-order valence-electron chi connectivity index (χ2n) is 7.25. The second-order valence-corrected chi connectivity index (χ2v) is 7.25. The number of hydrogen-bond acceptors (Lipinski definition) is 7. The summed E-state index contributed by atoms with van der Waals surface area (Å²) in [6, 6.07) is 0. The van der Waals surface area contributed by atoms with Crippen LogP contribution in [0.25, 0.3) is 0 Å². The number of allylic oxidation sites excluding steroid dienone is 1. The van der Waals surface area contributed by atoms with Gasteiger partial charge in [-0.05, 0) is 6.92 Å². The maximum atomic E-state index is 11.8. The van der Waals surface area contributed by atoms with Gasteiger partial charge < -0.3 is 24.4 Å². The normalized spacial score (nSPS) is 34.6. The summed E-state index contributed by atoms with van der Waals surface area (Å²) < 4.78 is 17.3. The second kappa shape index (κ2) is 8.65. The fraction of sp³-hybridized carbons (Fsp3) is 0.700. The van der Waals surface area contributed by atoms with Gasteiger partial charge in [0, 0.05) is 31.3 Å². The van der Waals surface area contributed by atoms with Crippen molar-refractivity contribution in [2.45, 2.75) is 70.7 Å². The lowest BCUT2D eigenvalue weighted by molar-refractivity contribution is -0.193. The van der Waals surface area contributed by atoms with Crippen molar-refractivity contribution in [1.82, 2.24) is 0 Å². The SMILES string of the molecule is C=C(C(O)CC(=O)CC)[C@@]12O[C@@H]([C@@H](O)[C@H]1COC(C)=O)[C@@H]([C@@H](C)/C=C\C)O2. The van der Waals surface area contributed by atoms with E-state index in [1.165, 1.54) is 6.92 Å². The maximum absolute atomic E-state index is 11.8. The lowest BCUT2D eigenvalue weighted by Crippen LogP contribution is -2.53. The Labute approximate surface area is 160 Å². The number of carbonyl (C=O) groups is 2. The van der Waals surface area contributed by atoms with Crippen molar-refractivity contribution >= 4 is 11.8 Å². The van der Waals surface area contributed by atoms with Crippen LogP contribution in [0.1, 0.15) is 40.5 Å². The van der Waals surface area contributed by atoms with Gasteiger partial charge in [0.1, 0.15) is 18.5 Å². The first-order valence-electron chi connectivity index (χ1n) is 9.36. The fourth-order valence-electron chi connectivity index (χ4n) is 3.80. The van der Waals surface area contributed by atoms with Crippen LogP contribution < -0.4 is 0 Å². The number of hydrogen-bond donors (Lipinski definition) is 2. The summed E-state index contributed by atoms with van der Waals surface area (Å²) in [5, 5.41) is 21.3. The summed E-state index contributed by atoms with van der Waals surface area (Å²) in [4.78, 5) is 23.0. The quantitative estimate of drug-likeness (QED) is 0.460. The first-order chi connectivity index (χ1) is 12.7. The van der Waals surface area contributed by atoms with Crippen LogP contribution in [0.15, 0.2) is 24.3 Å². The zero-order valence-corrected chi connectivity index (χ0v) is 16.4. The van der Waals surface area contributed by atoms with Gasteiger partial charge in [0.15, 0.2) is 0 Å². The predicted octanol–water partition coefficient (Wildman–Crippen LogP) is 1.52. The van der Waals surface area contributed by atoms with E-state index in [-0.39, 0.29) is 30.3 Å². The number of esters is 1. The number of ether oxygens (including phenoxy) is 3. The number of fused-ring (bicyclic) bond motifs is 2. The Kier molecular flexibility index (Phi) is 6.97. The molecule has 7 nitrogen and oxygen atoms in total. The van der Waals surface area contributed by atoms with E-state index in [1.807, 2.05) is 26.0 Å². The monoisotopic (exact) mass is 382 g/mol. The zero-order valence-electron chi connectivity index (χ0n) is 16.4. The van der Waals surface area contributed by atoms with Gasteiger partial charge in [-0.1, -0.05) is 32.6 Å². The first kappa shape index (κ1) is 21.8. The van der Waals surface area contributed by atoms with Crippen LogP contribution in [-0.2, 0) is 23.8 Å². The highest BCUT2D eigenvalue weighted by Gasteiger charge is 2.67. The molecule has 2 bridgehead atoms. The Balaban J connectivity index is 2.31. The maximum Gasteiger partial charge on any atom is 0.302 e. The van der Waals surface area contributed by atoms with Gasteiger partial charge in [0.2, 0.25) is 5.79 Å². The molecule has 0 spiro atoms.